The van der Waals surface area contributed by atoms with Crippen LogP contribution in [0.15, 0.2) is 43.0 Å². The second-order valence-electron chi connectivity index (χ2n) is 9.78. The highest BCUT2D eigenvalue weighted by atomic mass is 35.5. The first-order valence-electron chi connectivity index (χ1n) is 12.7. The summed E-state index contributed by atoms with van der Waals surface area (Å²) in [5.41, 5.74) is 1.76. The third-order valence-corrected chi connectivity index (χ3v) is 6.87. The van der Waals surface area contributed by atoms with Gasteiger partial charge in [-0.2, -0.15) is 0 Å². The monoisotopic (exact) mass is 565 g/mol. The molecule has 4 heterocycles. The number of amides is 1. The molecular weight excluding hydrogens is 535 g/mol. The van der Waals surface area contributed by atoms with Crippen LogP contribution in [0.3, 0.4) is 0 Å². The van der Waals surface area contributed by atoms with Gasteiger partial charge < -0.3 is 19.9 Å². The molecule has 0 bridgehead atoms. The number of alkyl halides is 2. The van der Waals surface area contributed by atoms with E-state index < -0.39 is 11.7 Å². The molecule has 0 aliphatic carbocycles. The van der Waals surface area contributed by atoms with E-state index in [2.05, 4.69) is 25.6 Å². The summed E-state index contributed by atoms with van der Waals surface area (Å²) in [6.45, 7) is 3.36. The molecule has 13 heteroatoms. The molecule has 1 aromatic carbocycles. The lowest BCUT2D eigenvalue weighted by Gasteiger charge is -2.29. The van der Waals surface area contributed by atoms with Gasteiger partial charge in [0.25, 0.3) is 11.8 Å². The molecule has 2 aliphatic heterocycles. The second-order valence-corrected chi connectivity index (χ2v) is 9.78. The number of anilines is 2. The van der Waals surface area contributed by atoms with Gasteiger partial charge in [0, 0.05) is 50.0 Å². The number of benzene rings is 1. The molecule has 2 fully saturated rings. The van der Waals surface area contributed by atoms with Crippen LogP contribution in [-0.2, 0) is 4.74 Å². The molecule has 39 heavy (non-hydrogen) atoms. The smallest absolute Gasteiger partial charge is 0.261 e. The average Bonchev–Trinajstić information content (AvgIpc) is 3.52. The molecule has 210 valence electrons. The quantitative estimate of drug-likeness (QED) is 0.416. The zero-order chi connectivity index (χ0) is 26.7. The van der Waals surface area contributed by atoms with Crippen molar-refractivity contribution in [2.75, 3.05) is 38.1 Å². The number of hydrogen-bond acceptors (Lipinski definition) is 7. The van der Waals surface area contributed by atoms with E-state index in [4.69, 9.17) is 4.74 Å². The molecule has 2 N–H and O–H groups in total. The van der Waals surface area contributed by atoms with Crippen molar-refractivity contribution in [1.82, 2.24) is 29.7 Å². The fourth-order valence-electron chi connectivity index (χ4n) is 4.87. The third kappa shape index (κ3) is 7.06. The first-order chi connectivity index (χ1) is 18.3. The Morgan fingerprint density at radius 3 is 2.74 bits per heavy atom. The van der Waals surface area contributed by atoms with Crippen molar-refractivity contribution in [2.24, 2.45) is 0 Å². The van der Waals surface area contributed by atoms with Crippen LogP contribution in [-0.4, -0.2) is 75.1 Å². The van der Waals surface area contributed by atoms with E-state index in [-0.39, 0.29) is 61.6 Å². The van der Waals surface area contributed by atoms with E-state index in [1.807, 2.05) is 11.5 Å². The van der Waals surface area contributed by atoms with Gasteiger partial charge in [0.1, 0.15) is 5.69 Å². The average molecular weight is 566 g/mol. The van der Waals surface area contributed by atoms with Crippen molar-refractivity contribution in [3.05, 3.63) is 54.4 Å². The van der Waals surface area contributed by atoms with Crippen LogP contribution in [0.5, 0.6) is 0 Å². The Hall–Kier alpha value is -3.22. The number of carbonyl (C=O) groups excluding carboxylic acids is 1. The second kappa shape index (κ2) is 12.3. The number of nitrogens with one attached hydrogen (secondary N) is 2. The topological polar surface area (TPSA) is 97.2 Å². The molecule has 3 aromatic rings. The Balaban J connectivity index is 0.00000353. The van der Waals surface area contributed by atoms with E-state index in [1.54, 1.807) is 41.7 Å². The van der Waals surface area contributed by atoms with E-state index in [1.165, 1.54) is 0 Å². The molecule has 0 saturated carbocycles. The van der Waals surface area contributed by atoms with Crippen LogP contribution in [0.1, 0.15) is 42.6 Å². The van der Waals surface area contributed by atoms with Crippen molar-refractivity contribution in [2.45, 2.75) is 44.3 Å². The highest BCUT2D eigenvalue weighted by Gasteiger charge is 2.37. The molecule has 2 aliphatic rings. The van der Waals surface area contributed by atoms with Gasteiger partial charge in [0.05, 0.1) is 37.1 Å². The first kappa shape index (κ1) is 28.8. The standard InChI is InChI=1S/C26H30F3N7O2.ClH/c1-17-12-20(6-11-38-17)36-16-30-14-22(36)23-21(27)13-32-25(34-23)33-19-4-2-18(3-5-19)24(37)31-8-10-35-9-7-26(28,29)15-35;/h2-5,13-14,16-17,20H,6-12,15H2,1H3,(H,31,37)(H,32,33,34);1H. The van der Waals surface area contributed by atoms with Gasteiger partial charge in [-0.25, -0.2) is 28.1 Å². The Kier molecular flexibility index (Phi) is 9.08. The normalized spacial score (nSPS) is 20.8. The highest BCUT2D eigenvalue weighted by Crippen LogP contribution is 2.31. The van der Waals surface area contributed by atoms with Gasteiger partial charge in [-0.05, 0) is 44.0 Å². The van der Waals surface area contributed by atoms with Gasteiger partial charge in [0.15, 0.2) is 5.82 Å². The van der Waals surface area contributed by atoms with E-state index in [0.29, 0.717) is 36.6 Å². The van der Waals surface area contributed by atoms with Crippen LogP contribution in [0.25, 0.3) is 11.4 Å². The fraction of sp³-hybridized carbons (Fsp3) is 0.462. The summed E-state index contributed by atoms with van der Waals surface area (Å²) in [6.07, 6.45) is 5.98. The predicted molar refractivity (Wildman–Crippen MR) is 142 cm³/mol. The maximum Gasteiger partial charge on any atom is 0.261 e. The summed E-state index contributed by atoms with van der Waals surface area (Å²) in [7, 11) is 0. The maximum atomic E-state index is 14.8. The van der Waals surface area contributed by atoms with Gasteiger partial charge >= 0.3 is 0 Å². The van der Waals surface area contributed by atoms with Crippen LogP contribution in [0.2, 0.25) is 0 Å². The SMILES string of the molecule is CC1CC(n2cncc2-c2nc(Nc3ccc(C(=O)NCCN4CCC(F)(F)C4)cc3)ncc2F)CCO1.Cl. The van der Waals surface area contributed by atoms with Gasteiger partial charge in [-0.1, -0.05) is 0 Å². The van der Waals surface area contributed by atoms with Crippen molar-refractivity contribution in [3.8, 4) is 11.4 Å². The molecule has 0 radical (unpaired) electrons. The highest BCUT2D eigenvalue weighted by molar-refractivity contribution is 5.94. The van der Waals surface area contributed by atoms with Crippen molar-refractivity contribution < 1.29 is 22.7 Å². The number of ether oxygens (including phenoxy) is 1. The van der Waals surface area contributed by atoms with Crippen molar-refractivity contribution in [3.63, 3.8) is 0 Å². The predicted octanol–water partition coefficient (Wildman–Crippen LogP) is 4.46. The summed E-state index contributed by atoms with van der Waals surface area (Å²) < 4.78 is 48.9. The number of imidazole rings is 1. The fourth-order valence-corrected chi connectivity index (χ4v) is 4.87. The number of hydrogen-bond donors (Lipinski definition) is 2. The molecular formula is C26H31ClF3N7O2. The molecule has 2 atom stereocenters. The minimum Gasteiger partial charge on any atom is -0.378 e. The first-order valence-corrected chi connectivity index (χ1v) is 12.7. The van der Waals surface area contributed by atoms with Crippen LogP contribution in [0.4, 0.5) is 24.8 Å². The lowest BCUT2D eigenvalue weighted by atomic mass is 10.0. The zero-order valence-corrected chi connectivity index (χ0v) is 22.3. The summed E-state index contributed by atoms with van der Waals surface area (Å²) in [6, 6.07) is 6.78. The van der Waals surface area contributed by atoms with Gasteiger partial charge in [-0.3, -0.25) is 9.69 Å². The Bertz CT molecular complexity index is 1270. The lowest BCUT2D eigenvalue weighted by molar-refractivity contribution is 0.00620. The molecule has 1 amide bonds. The summed E-state index contributed by atoms with van der Waals surface area (Å²) in [5, 5.41) is 5.80. The minimum atomic E-state index is -2.65. The minimum absolute atomic E-state index is 0. The summed E-state index contributed by atoms with van der Waals surface area (Å²) in [5.74, 6) is -3.29. The maximum absolute atomic E-state index is 14.8. The van der Waals surface area contributed by atoms with E-state index in [0.717, 1.165) is 19.0 Å². The number of halogens is 4. The molecule has 2 aromatic heterocycles. The Morgan fingerprint density at radius 1 is 1.23 bits per heavy atom. The molecule has 0 spiro atoms. The van der Waals surface area contributed by atoms with Crippen LogP contribution < -0.4 is 10.6 Å². The number of nitrogens with zero attached hydrogens (tertiary/aromatic N) is 5. The molecule has 2 saturated heterocycles. The van der Waals surface area contributed by atoms with Gasteiger partial charge in [-0.15, -0.1) is 12.4 Å². The van der Waals surface area contributed by atoms with E-state index in [9.17, 15) is 18.0 Å². The zero-order valence-electron chi connectivity index (χ0n) is 21.4. The largest absolute Gasteiger partial charge is 0.378 e. The summed E-state index contributed by atoms with van der Waals surface area (Å²) >= 11 is 0. The summed E-state index contributed by atoms with van der Waals surface area (Å²) in [4.78, 5) is 26.8. The lowest BCUT2D eigenvalue weighted by Crippen LogP contribution is -2.35. The number of carbonyl (C=O) groups is 1. The molecule has 5 rings (SSSR count). The van der Waals surface area contributed by atoms with Crippen molar-refractivity contribution in [1.29, 1.82) is 0 Å². The van der Waals surface area contributed by atoms with Crippen molar-refractivity contribution >= 4 is 29.9 Å². The number of likely N-dealkylation sites (tertiary alicyclic amines) is 1. The van der Waals surface area contributed by atoms with Gasteiger partial charge in [0.2, 0.25) is 5.95 Å². The van der Waals surface area contributed by atoms with Crippen LogP contribution in [0, 0.1) is 5.82 Å². The third-order valence-electron chi connectivity index (χ3n) is 6.87. The Morgan fingerprint density at radius 2 is 2.03 bits per heavy atom. The number of aromatic nitrogens is 4. The Labute approximate surface area is 230 Å². The number of rotatable bonds is 8. The van der Waals surface area contributed by atoms with E-state index >= 15 is 0 Å². The molecule has 2 unspecified atom stereocenters. The van der Waals surface area contributed by atoms with Crippen LogP contribution >= 0.6 is 12.4 Å². The molecule has 9 nitrogen and oxygen atoms in total.